The number of hydrogen-bond donors (Lipinski definition) is 0. The molecule has 0 unspecified atom stereocenters. The lowest BCUT2D eigenvalue weighted by atomic mass is 9.98. The van der Waals surface area contributed by atoms with Crippen LogP contribution in [0.1, 0.15) is 0 Å². The predicted molar refractivity (Wildman–Crippen MR) is 211 cm³/mol. The van der Waals surface area contributed by atoms with Crippen molar-refractivity contribution in [1.82, 2.24) is 9.13 Å². The first-order valence-electron chi connectivity index (χ1n) is 17.2. The quantitative estimate of drug-likeness (QED) is 0.178. The number of benzene rings is 8. The van der Waals surface area contributed by atoms with E-state index in [2.05, 4.69) is 203 Å². The van der Waals surface area contributed by atoms with Gasteiger partial charge in [-0.25, -0.2) is 0 Å². The molecule has 0 fully saturated rings. The van der Waals surface area contributed by atoms with Crippen LogP contribution in [0.25, 0.3) is 88.4 Å². The second-order valence-corrected chi connectivity index (χ2v) is 13.0. The minimum atomic E-state index is 1.15. The Morgan fingerprint density at radius 3 is 1.34 bits per heavy atom. The van der Waals surface area contributed by atoms with Crippen molar-refractivity contribution in [1.29, 1.82) is 0 Å². The summed E-state index contributed by atoms with van der Waals surface area (Å²) >= 11 is 0. The van der Waals surface area contributed by atoms with Gasteiger partial charge in [0, 0.05) is 32.9 Å². The molecule has 0 saturated heterocycles. The summed E-state index contributed by atoms with van der Waals surface area (Å²) in [5, 5.41) is 5.00. The second-order valence-electron chi connectivity index (χ2n) is 13.0. The zero-order valence-electron chi connectivity index (χ0n) is 27.4. The zero-order valence-corrected chi connectivity index (χ0v) is 27.4. The molecule has 0 atom stereocenters. The van der Waals surface area contributed by atoms with Gasteiger partial charge < -0.3 is 9.13 Å². The summed E-state index contributed by atoms with van der Waals surface area (Å²) in [6.45, 7) is 0. The fourth-order valence-electron chi connectivity index (χ4n) is 7.82. The van der Waals surface area contributed by atoms with Gasteiger partial charge >= 0.3 is 0 Å². The second kappa shape index (κ2) is 11.5. The van der Waals surface area contributed by atoms with E-state index in [1.807, 2.05) is 0 Å². The van der Waals surface area contributed by atoms with Gasteiger partial charge in [-0.1, -0.05) is 146 Å². The summed E-state index contributed by atoms with van der Waals surface area (Å²) in [7, 11) is 0. The number of hydrogen-bond acceptors (Lipinski definition) is 0. The number of nitrogens with zero attached hydrogens (tertiary/aromatic N) is 2. The van der Waals surface area contributed by atoms with Gasteiger partial charge in [0.15, 0.2) is 0 Å². The first-order valence-corrected chi connectivity index (χ1v) is 17.2. The van der Waals surface area contributed by atoms with Gasteiger partial charge in [-0.15, -0.1) is 0 Å². The topological polar surface area (TPSA) is 9.86 Å². The molecule has 2 heteroatoms. The summed E-state index contributed by atoms with van der Waals surface area (Å²) < 4.78 is 4.93. The summed E-state index contributed by atoms with van der Waals surface area (Å²) in [6.07, 6.45) is 0. The Kier molecular flexibility index (Phi) is 6.53. The van der Waals surface area contributed by atoms with Crippen LogP contribution in [0.5, 0.6) is 0 Å². The molecule has 2 aromatic heterocycles. The average molecular weight is 637 g/mol. The van der Waals surface area contributed by atoms with E-state index in [4.69, 9.17) is 0 Å². The molecular formula is C48H32N2. The van der Waals surface area contributed by atoms with Crippen LogP contribution in [0.4, 0.5) is 0 Å². The van der Waals surface area contributed by atoms with E-state index >= 15 is 0 Å². The van der Waals surface area contributed by atoms with Crippen molar-refractivity contribution in [2.75, 3.05) is 0 Å². The van der Waals surface area contributed by atoms with E-state index in [1.165, 1.54) is 77.0 Å². The molecule has 0 N–H and O–H groups in total. The van der Waals surface area contributed by atoms with Crippen LogP contribution < -0.4 is 0 Å². The average Bonchev–Trinajstić information content (AvgIpc) is 3.72. The molecule has 2 heterocycles. The molecule has 0 bridgehead atoms. The molecule has 8 aromatic carbocycles. The highest BCUT2D eigenvalue weighted by Gasteiger charge is 2.21. The van der Waals surface area contributed by atoms with Crippen LogP contribution in [0, 0.1) is 0 Å². The Labute approximate surface area is 290 Å². The van der Waals surface area contributed by atoms with E-state index in [-0.39, 0.29) is 0 Å². The third-order valence-electron chi connectivity index (χ3n) is 10.1. The standard InChI is InChI=1S/C48H32N2/c1-4-14-33(15-5-1)36-24-26-39(27-25-36)49-45-23-13-11-21-43(45)47-46(49)29-28-42-41-20-10-12-22-44(41)50(48(42)47)40-31-37(34-16-6-2-7-17-34)30-38(32-40)35-18-8-3-9-19-35/h1-32H. The fraction of sp³-hybridized carbons (Fsp3) is 0. The first-order chi connectivity index (χ1) is 24.8. The Hall–Kier alpha value is -6.64. The highest BCUT2D eigenvalue weighted by molar-refractivity contribution is 6.26. The molecule has 0 aliphatic rings. The number of rotatable bonds is 5. The fourth-order valence-corrected chi connectivity index (χ4v) is 7.82. The van der Waals surface area contributed by atoms with Crippen molar-refractivity contribution in [2.45, 2.75) is 0 Å². The SMILES string of the molecule is c1ccc(-c2ccc(-n3c4ccccc4c4c3ccc3c5ccccc5n(-c5cc(-c6ccccc6)cc(-c6ccccc6)c5)c34)cc2)cc1. The molecule has 0 spiro atoms. The molecule has 0 radical (unpaired) electrons. The van der Waals surface area contributed by atoms with Crippen LogP contribution in [0.2, 0.25) is 0 Å². The maximum Gasteiger partial charge on any atom is 0.0641 e. The van der Waals surface area contributed by atoms with E-state index in [1.54, 1.807) is 0 Å². The lowest BCUT2D eigenvalue weighted by Crippen LogP contribution is -1.97. The smallest absolute Gasteiger partial charge is 0.0641 e. The minimum Gasteiger partial charge on any atom is -0.309 e. The van der Waals surface area contributed by atoms with Crippen LogP contribution in [0.3, 0.4) is 0 Å². The number of aromatic nitrogens is 2. The molecule has 0 saturated carbocycles. The van der Waals surface area contributed by atoms with Gasteiger partial charge in [-0.05, 0) is 81.9 Å². The zero-order chi connectivity index (χ0) is 33.0. The highest BCUT2D eigenvalue weighted by Crippen LogP contribution is 2.43. The van der Waals surface area contributed by atoms with Crippen molar-refractivity contribution >= 4 is 43.6 Å². The van der Waals surface area contributed by atoms with Crippen LogP contribution in [-0.4, -0.2) is 9.13 Å². The number of fused-ring (bicyclic) bond motifs is 7. The van der Waals surface area contributed by atoms with E-state index in [0.29, 0.717) is 0 Å². The van der Waals surface area contributed by atoms with Crippen LogP contribution in [0.15, 0.2) is 194 Å². The highest BCUT2D eigenvalue weighted by atomic mass is 15.0. The third-order valence-corrected chi connectivity index (χ3v) is 10.1. The lowest BCUT2D eigenvalue weighted by Gasteiger charge is -2.15. The summed E-state index contributed by atoms with van der Waals surface area (Å²) in [5.41, 5.74) is 14.3. The van der Waals surface area contributed by atoms with Crippen LogP contribution in [-0.2, 0) is 0 Å². The van der Waals surface area contributed by atoms with Crippen molar-refractivity contribution in [2.24, 2.45) is 0 Å². The van der Waals surface area contributed by atoms with Gasteiger partial charge in [0.1, 0.15) is 0 Å². The third kappa shape index (κ3) is 4.50. The number of para-hydroxylation sites is 2. The molecule has 0 aliphatic heterocycles. The maximum absolute atomic E-state index is 2.50. The van der Waals surface area contributed by atoms with Crippen molar-refractivity contribution in [3.8, 4) is 44.8 Å². The summed E-state index contributed by atoms with van der Waals surface area (Å²) in [5.74, 6) is 0. The largest absolute Gasteiger partial charge is 0.309 e. The molecule has 10 rings (SSSR count). The Morgan fingerprint density at radius 1 is 0.260 bits per heavy atom. The van der Waals surface area contributed by atoms with Gasteiger partial charge in [-0.3, -0.25) is 0 Å². The predicted octanol–water partition coefficient (Wildman–Crippen LogP) is 12.9. The molecular weight excluding hydrogens is 605 g/mol. The lowest BCUT2D eigenvalue weighted by molar-refractivity contribution is 1.17. The van der Waals surface area contributed by atoms with Crippen molar-refractivity contribution < 1.29 is 0 Å². The molecule has 0 amide bonds. The molecule has 10 aromatic rings. The van der Waals surface area contributed by atoms with Gasteiger partial charge in [0.2, 0.25) is 0 Å². The van der Waals surface area contributed by atoms with E-state index in [0.717, 1.165) is 11.4 Å². The van der Waals surface area contributed by atoms with E-state index < -0.39 is 0 Å². The minimum absolute atomic E-state index is 1.15. The first kappa shape index (κ1) is 28.4. The van der Waals surface area contributed by atoms with Gasteiger partial charge in [-0.2, -0.15) is 0 Å². The Morgan fingerprint density at radius 2 is 0.740 bits per heavy atom. The molecule has 0 aliphatic carbocycles. The van der Waals surface area contributed by atoms with Crippen LogP contribution >= 0.6 is 0 Å². The maximum atomic E-state index is 2.50. The summed E-state index contributed by atoms with van der Waals surface area (Å²) in [6, 6.07) is 70.4. The van der Waals surface area contributed by atoms with Crippen molar-refractivity contribution in [3.05, 3.63) is 194 Å². The van der Waals surface area contributed by atoms with Crippen molar-refractivity contribution in [3.63, 3.8) is 0 Å². The monoisotopic (exact) mass is 636 g/mol. The van der Waals surface area contributed by atoms with Gasteiger partial charge in [0.05, 0.1) is 22.1 Å². The molecule has 50 heavy (non-hydrogen) atoms. The van der Waals surface area contributed by atoms with Gasteiger partial charge in [0.25, 0.3) is 0 Å². The Bertz CT molecular complexity index is 2770. The summed E-state index contributed by atoms with van der Waals surface area (Å²) in [4.78, 5) is 0. The normalized spacial score (nSPS) is 11.6. The molecule has 234 valence electrons. The van der Waals surface area contributed by atoms with E-state index in [9.17, 15) is 0 Å². The Balaban J connectivity index is 1.29. The molecule has 2 nitrogen and oxygen atoms in total.